The smallest absolute Gasteiger partial charge is 0.325 e. The molecule has 1 heterocycles. The number of carboxylic acid groups (broad SMARTS) is 1. The molecular formula is C25H31N3O5. The summed E-state index contributed by atoms with van der Waals surface area (Å²) in [7, 11) is 0. The van der Waals surface area contributed by atoms with Crippen LogP contribution in [0.3, 0.4) is 0 Å². The molecule has 3 N–H and O–H groups in total. The van der Waals surface area contributed by atoms with Crippen molar-refractivity contribution in [2.24, 2.45) is 0 Å². The molecule has 2 aromatic rings. The van der Waals surface area contributed by atoms with E-state index in [0.29, 0.717) is 17.9 Å². The second kappa shape index (κ2) is 12.0. The largest absolute Gasteiger partial charge is 0.492 e. The fourth-order valence-electron chi connectivity index (χ4n) is 3.70. The van der Waals surface area contributed by atoms with Crippen LogP contribution in [0, 0.1) is 0 Å². The fourth-order valence-corrected chi connectivity index (χ4v) is 3.70. The van der Waals surface area contributed by atoms with Crippen molar-refractivity contribution >= 4 is 17.8 Å². The van der Waals surface area contributed by atoms with Crippen molar-refractivity contribution in [1.29, 1.82) is 0 Å². The molecule has 2 atom stereocenters. The van der Waals surface area contributed by atoms with E-state index in [2.05, 4.69) is 15.5 Å². The summed E-state index contributed by atoms with van der Waals surface area (Å²) in [6.07, 6.45) is 2.67. The minimum atomic E-state index is -1.15. The van der Waals surface area contributed by atoms with Crippen molar-refractivity contribution in [3.8, 4) is 5.75 Å². The Labute approximate surface area is 193 Å². The third kappa shape index (κ3) is 7.61. The standard InChI is InChI=1S/C25H31N3O5/c1-18(25(31)32)26-24(30)22(16-19-8-3-2-4-9-19)27-23(29)20-10-7-11-21(17-20)33-15-14-28-12-5-6-13-28/h2-4,7-11,17-18,22H,5-6,12-16H2,1H3,(H,26,30)(H,27,29)(H,31,32)/t18-,22-/m0/s1. The van der Waals surface area contributed by atoms with E-state index in [1.165, 1.54) is 19.8 Å². The number of hydrogen-bond donors (Lipinski definition) is 3. The number of nitrogens with zero attached hydrogens (tertiary/aromatic N) is 1. The van der Waals surface area contributed by atoms with E-state index >= 15 is 0 Å². The Morgan fingerprint density at radius 1 is 1.03 bits per heavy atom. The molecule has 2 aromatic carbocycles. The van der Waals surface area contributed by atoms with Crippen LogP contribution in [-0.4, -0.2) is 66.1 Å². The molecule has 1 aliphatic rings. The van der Waals surface area contributed by atoms with Crippen LogP contribution in [0.5, 0.6) is 5.75 Å². The Morgan fingerprint density at radius 3 is 2.45 bits per heavy atom. The molecule has 1 fully saturated rings. The van der Waals surface area contributed by atoms with Crippen LogP contribution in [0.2, 0.25) is 0 Å². The van der Waals surface area contributed by atoms with Crippen LogP contribution in [-0.2, 0) is 16.0 Å². The molecule has 8 heteroatoms. The second-order valence-corrected chi connectivity index (χ2v) is 8.21. The third-order valence-corrected chi connectivity index (χ3v) is 5.60. The van der Waals surface area contributed by atoms with Crippen molar-refractivity contribution in [2.45, 2.75) is 38.3 Å². The van der Waals surface area contributed by atoms with E-state index in [1.807, 2.05) is 30.3 Å². The van der Waals surface area contributed by atoms with Gasteiger partial charge < -0.3 is 20.5 Å². The molecule has 2 amide bonds. The van der Waals surface area contributed by atoms with E-state index in [9.17, 15) is 14.4 Å². The lowest BCUT2D eigenvalue weighted by atomic mass is 10.0. The van der Waals surface area contributed by atoms with Crippen LogP contribution in [0.4, 0.5) is 0 Å². The average Bonchev–Trinajstić information content (AvgIpc) is 3.33. The van der Waals surface area contributed by atoms with Crippen LogP contribution in [0.15, 0.2) is 54.6 Å². The van der Waals surface area contributed by atoms with Gasteiger partial charge in [0.1, 0.15) is 24.4 Å². The third-order valence-electron chi connectivity index (χ3n) is 5.60. The molecule has 0 spiro atoms. The number of nitrogens with one attached hydrogen (secondary N) is 2. The van der Waals surface area contributed by atoms with Crippen LogP contribution >= 0.6 is 0 Å². The van der Waals surface area contributed by atoms with Gasteiger partial charge in [0.15, 0.2) is 0 Å². The first-order valence-electron chi connectivity index (χ1n) is 11.3. The number of rotatable bonds is 11. The average molecular weight is 454 g/mol. The second-order valence-electron chi connectivity index (χ2n) is 8.21. The van der Waals surface area contributed by atoms with Crippen molar-refractivity contribution < 1.29 is 24.2 Å². The van der Waals surface area contributed by atoms with Crippen molar-refractivity contribution in [3.63, 3.8) is 0 Å². The molecule has 0 saturated carbocycles. The zero-order chi connectivity index (χ0) is 23.6. The maximum Gasteiger partial charge on any atom is 0.325 e. The van der Waals surface area contributed by atoms with Crippen LogP contribution in [0.25, 0.3) is 0 Å². The molecule has 176 valence electrons. The molecule has 0 bridgehead atoms. The van der Waals surface area contributed by atoms with E-state index in [4.69, 9.17) is 9.84 Å². The highest BCUT2D eigenvalue weighted by Gasteiger charge is 2.25. The minimum absolute atomic E-state index is 0.233. The van der Waals surface area contributed by atoms with E-state index in [-0.39, 0.29) is 6.42 Å². The fraction of sp³-hybridized carbons (Fsp3) is 0.400. The van der Waals surface area contributed by atoms with Gasteiger partial charge in [0.2, 0.25) is 5.91 Å². The SMILES string of the molecule is C[C@H](NC(=O)[C@H](Cc1ccccc1)NC(=O)c1cccc(OCCN2CCCC2)c1)C(=O)O. The number of carboxylic acids is 1. The normalized spacial score (nSPS) is 15.4. The predicted molar refractivity (Wildman–Crippen MR) is 124 cm³/mol. The van der Waals surface area contributed by atoms with Crippen LogP contribution < -0.4 is 15.4 Å². The molecule has 0 unspecified atom stereocenters. The summed E-state index contributed by atoms with van der Waals surface area (Å²) >= 11 is 0. The zero-order valence-corrected chi connectivity index (χ0v) is 18.8. The summed E-state index contributed by atoms with van der Waals surface area (Å²) in [5.74, 6) is -1.54. The number of ether oxygens (including phenoxy) is 1. The highest BCUT2D eigenvalue weighted by Crippen LogP contribution is 2.15. The summed E-state index contributed by atoms with van der Waals surface area (Å²) in [4.78, 5) is 39.2. The van der Waals surface area contributed by atoms with Crippen LogP contribution in [0.1, 0.15) is 35.7 Å². The molecule has 3 rings (SSSR count). The molecular weight excluding hydrogens is 422 g/mol. The molecule has 1 saturated heterocycles. The summed E-state index contributed by atoms with van der Waals surface area (Å²) < 4.78 is 5.82. The van der Waals surface area contributed by atoms with Gasteiger partial charge in [0.25, 0.3) is 5.91 Å². The summed E-state index contributed by atoms with van der Waals surface area (Å²) in [5.41, 5.74) is 1.21. The van der Waals surface area contributed by atoms with Crippen molar-refractivity contribution in [1.82, 2.24) is 15.5 Å². The quantitative estimate of drug-likeness (QED) is 0.481. The Hall–Kier alpha value is -3.39. The Morgan fingerprint density at radius 2 is 1.76 bits per heavy atom. The van der Waals surface area contributed by atoms with Crippen molar-refractivity contribution in [3.05, 3.63) is 65.7 Å². The number of hydrogen-bond acceptors (Lipinski definition) is 5. The van der Waals surface area contributed by atoms with E-state index in [0.717, 1.165) is 25.2 Å². The van der Waals surface area contributed by atoms with Crippen molar-refractivity contribution in [2.75, 3.05) is 26.2 Å². The molecule has 33 heavy (non-hydrogen) atoms. The summed E-state index contributed by atoms with van der Waals surface area (Å²) in [5, 5.41) is 14.3. The number of aliphatic carboxylic acids is 1. The maximum absolute atomic E-state index is 12.9. The lowest BCUT2D eigenvalue weighted by molar-refractivity contribution is -0.141. The van der Waals surface area contributed by atoms with Gasteiger partial charge in [-0.3, -0.25) is 19.3 Å². The molecule has 8 nitrogen and oxygen atoms in total. The predicted octanol–water partition coefficient (Wildman–Crippen LogP) is 2.09. The van der Waals surface area contributed by atoms with Gasteiger partial charge in [-0.25, -0.2) is 0 Å². The summed E-state index contributed by atoms with van der Waals surface area (Å²) in [6.45, 7) is 4.95. The summed E-state index contributed by atoms with van der Waals surface area (Å²) in [6, 6.07) is 14.1. The van der Waals surface area contributed by atoms with Gasteiger partial charge in [0, 0.05) is 18.5 Å². The first-order valence-corrected chi connectivity index (χ1v) is 11.3. The Bertz CT molecular complexity index is 944. The molecule has 1 aliphatic heterocycles. The number of likely N-dealkylation sites (tertiary alicyclic amines) is 1. The van der Waals surface area contributed by atoms with E-state index < -0.39 is 29.9 Å². The van der Waals surface area contributed by atoms with Gasteiger partial charge in [-0.2, -0.15) is 0 Å². The minimum Gasteiger partial charge on any atom is -0.492 e. The van der Waals surface area contributed by atoms with Gasteiger partial charge in [0.05, 0.1) is 0 Å². The highest BCUT2D eigenvalue weighted by molar-refractivity contribution is 5.98. The van der Waals surface area contributed by atoms with Gasteiger partial charge >= 0.3 is 5.97 Å². The number of benzene rings is 2. The lowest BCUT2D eigenvalue weighted by Gasteiger charge is -2.20. The molecule has 0 aliphatic carbocycles. The first-order chi connectivity index (χ1) is 15.9. The maximum atomic E-state index is 12.9. The molecule has 0 radical (unpaired) electrons. The Kier molecular flexibility index (Phi) is 8.83. The van der Waals surface area contributed by atoms with Gasteiger partial charge in [-0.1, -0.05) is 36.4 Å². The lowest BCUT2D eigenvalue weighted by Crippen LogP contribution is -2.51. The van der Waals surface area contributed by atoms with Gasteiger partial charge in [-0.05, 0) is 56.6 Å². The number of amides is 2. The highest BCUT2D eigenvalue weighted by atomic mass is 16.5. The molecule has 0 aromatic heterocycles. The Balaban J connectivity index is 1.64. The zero-order valence-electron chi connectivity index (χ0n) is 18.8. The number of carbonyl (C=O) groups excluding carboxylic acids is 2. The number of carbonyl (C=O) groups is 3. The first kappa shape index (κ1) is 24.3. The monoisotopic (exact) mass is 453 g/mol. The van der Waals surface area contributed by atoms with E-state index in [1.54, 1.807) is 24.3 Å². The van der Waals surface area contributed by atoms with Gasteiger partial charge in [-0.15, -0.1) is 0 Å². The topological polar surface area (TPSA) is 108 Å².